The number of rotatable bonds is 9. The quantitative estimate of drug-likeness (QED) is 0.264. The molecular formula is C30H32N2O5. The van der Waals surface area contributed by atoms with Crippen molar-refractivity contribution in [2.24, 2.45) is 0 Å². The lowest BCUT2D eigenvalue weighted by atomic mass is 9.94. The van der Waals surface area contributed by atoms with Gasteiger partial charge in [-0.2, -0.15) is 0 Å². The van der Waals surface area contributed by atoms with Crippen LogP contribution in [0, 0.1) is 6.92 Å². The van der Waals surface area contributed by atoms with Crippen LogP contribution in [0.25, 0.3) is 5.76 Å². The SMILES string of the molecule is COc1ccc(/C(O)=C2/C(=O)C(=O)N(CCN(C)C)C2c2ccc(OCc3ccccc3)cc2)c(C)c1. The first-order chi connectivity index (χ1) is 17.8. The Balaban J connectivity index is 1.71. The van der Waals surface area contributed by atoms with Crippen molar-refractivity contribution in [1.82, 2.24) is 9.80 Å². The van der Waals surface area contributed by atoms with E-state index in [9.17, 15) is 14.7 Å². The van der Waals surface area contributed by atoms with E-state index in [0.717, 1.165) is 16.7 Å². The van der Waals surface area contributed by atoms with Crippen molar-refractivity contribution in [2.75, 3.05) is 34.3 Å². The molecule has 7 heteroatoms. The number of hydrogen-bond donors (Lipinski definition) is 1. The lowest BCUT2D eigenvalue weighted by Crippen LogP contribution is -2.35. The van der Waals surface area contributed by atoms with E-state index in [-0.39, 0.29) is 11.3 Å². The summed E-state index contributed by atoms with van der Waals surface area (Å²) in [6.45, 7) is 3.17. The molecule has 0 aliphatic carbocycles. The topological polar surface area (TPSA) is 79.3 Å². The molecule has 1 N–H and O–H groups in total. The number of likely N-dealkylation sites (N-methyl/N-ethyl adjacent to an activating group) is 1. The monoisotopic (exact) mass is 500 g/mol. The fourth-order valence-corrected chi connectivity index (χ4v) is 4.43. The molecule has 3 aromatic rings. The first-order valence-corrected chi connectivity index (χ1v) is 12.1. The molecule has 1 heterocycles. The largest absolute Gasteiger partial charge is 0.507 e. The molecule has 1 amide bonds. The maximum absolute atomic E-state index is 13.2. The van der Waals surface area contributed by atoms with Crippen LogP contribution in [0.4, 0.5) is 0 Å². The molecule has 0 saturated carbocycles. The molecule has 1 saturated heterocycles. The Morgan fingerprint density at radius 1 is 0.973 bits per heavy atom. The number of ketones is 1. The number of nitrogens with zero attached hydrogens (tertiary/aromatic N) is 2. The highest BCUT2D eigenvalue weighted by Crippen LogP contribution is 2.40. The van der Waals surface area contributed by atoms with Crippen LogP contribution in [0.5, 0.6) is 11.5 Å². The van der Waals surface area contributed by atoms with Crippen molar-refractivity contribution >= 4 is 17.4 Å². The molecule has 0 aromatic heterocycles. The number of likely N-dealkylation sites (tertiary alicyclic amines) is 1. The zero-order valence-corrected chi connectivity index (χ0v) is 21.6. The highest BCUT2D eigenvalue weighted by atomic mass is 16.5. The van der Waals surface area contributed by atoms with E-state index in [1.54, 1.807) is 25.3 Å². The van der Waals surface area contributed by atoms with Crippen molar-refractivity contribution in [2.45, 2.75) is 19.6 Å². The molecule has 3 aromatic carbocycles. The molecule has 0 bridgehead atoms. The minimum Gasteiger partial charge on any atom is -0.507 e. The number of hydrogen-bond acceptors (Lipinski definition) is 6. The number of carbonyl (C=O) groups is 2. The first kappa shape index (κ1) is 26.0. The van der Waals surface area contributed by atoms with E-state index in [1.807, 2.05) is 80.5 Å². The second kappa shape index (κ2) is 11.3. The number of carbonyl (C=O) groups excluding carboxylic acids is 2. The summed E-state index contributed by atoms with van der Waals surface area (Å²) in [4.78, 5) is 29.9. The van der Waals surface area contributed by atoms with Gasteiger partial charge in [-0.3, -0.25) is 9.59 Å². The van der Waals surface area contributed by atoms with Gasteiger partial charge in [-0.1, -0.05) is 42.5 Å². The summed E-state index contributed by atoms with van der Waals surface area (Å²) < 4.78 is 11.2. The van der Waals surface area contributed by atoms with Gasteiger partial charge in [-0.15, -0.1) is 0 Å². The summed E-state index contributed by atoms with van der Waals surface area (Å²) in [7, 11) is 5.38. The number of amides is 1. The van der Waals surface area contributed by atoms with Gasteiger partial charge >= 0.3 is 0 Å². The van der Waals surface area contributed by atoms with Crippen LogP contribution in [0.3, 0.4) is 0 Å². The maximum Gasteiger partial charge on any atom is 0.295 e. The third-order valence-corrected chi connectivity index (χ3v) is 6.46. The van der Waals surface area contributed by atoms with Crippen LogP contribution >= 0.6 is 0 Å². The Kier molecular flexibility index (Phi) is 7.94. The van der Waals surface area contributed by atoms with E-state index >= 15 is 0 Å². The van der Waals surface area contributed by atoms with Crippen LogP contribution in [0.1, 0.15) is 28.3 Å². The van der Waals surface area contributed by atoms with E-state index < -0.39 is 17.7 Å². The van der Waals surface area contributed by atoms with Crippen LogP contribution in [-0.2, 0) is 16.2 Å². The number of ether oxygens (including phenoxy) is 2. The molecule has 1 unspecified atom stereocenters. The Labute approximate surface area is 217 Å². The van der Waals surface area contributed by atoms with Crippen LogP contribution in [0.15, 0.2) is 78.4 Å². The number of aryl methyl sites for hydroxylation is 1. The molecule has 1 fully saturated rings. The molecule has 37 heavy (non-hydrogen) atoms. The average molecular weight is 501 g/mol. The van der Waals surface area contributed by atoms with Gasteiger partial charge in [-0.05, 0) is 68.0 Å². The second-order valence-corrected chi connectivity index (χ2v) is 9.32. The van der Waals surface area contributed by atoms with Crippen molar-refractivity contribution in [3.63, 3.8) is 0 Å². The summed E-state index contributed by atoms with van der Waals surface area (Å²) in [6, 6.07) is 21.7. The molecule has 1 atom stereocenters. The van der Waals surface area contributed by atoms with Gasteiger partial charge in [0.05, 0.1) is 18.7 Å². The number of aliphatic hydroxyl groups excluding tert-OH is 1. The summed E-state index contributed by atoms with van der Waals surface area (Å²) in [5, 5.41) is 11.3. The van der Waals surface area contributed by atoms with Crippen molar-refractivity contribution in [3.05, 3.63) is 101 Å². The molecule has 0 spiro atoms. The van der Waals surface area contributed by atoms with Crippen molar-refractivity contribution in [1.29, 1.82) is 0 Å². The van der Waals surface area contributed by atoms with Crippen molar-refractivity contribution < 1.29 is 24.2 Å². The van der Waals surface area contributed by atoms with Gasteiger partial charge in [0, 0.05) is 18.7 Å². The van der Waals surface area contributed by atoms with E-state index in [0.29, 0.717) is 36.8 Å². The minimum absolute atomic E-state index is 0.0787. The summed E-state index contributed by atoms with van der Waals surface area (Å²) in [5.41, 5.74) is 3.07. The third kappa shape index (κ3) is 5.67. The van der Waals surface area contributed by atoms with Crippen LogP contribution in [-0.4, -0.2) is 60.9 Å². The minimum atomic E-state index is -0.718. The van der Waals surface area contributed by atoms with Crippen molar-refractivity contribution in [3.8, 4) is 11.5 Å². The molecule has 7 nitrogen and oxygen atoms in total. The molecular weight excluding hydrogens is 468 g/mol. The van der Waals surface area contributed by atoms with E-state index in [1.165, 1.54) is 4.90 Å². The fraction of sp³-hybridized carbons (Fsp3) is 0.267. The Hall–Kier alpha value is -4.10. The Morgan fingerprint density at radius 2 is 1.65 bits per heavy atom. The van der Waals surface area contributed by atoms with Crippen LogP contribution < -0.4 is 9.47 Å². The zero-order chi connectivity index (χ0) is 26.5. The molecule has 1 aliphatic rings. The Bertz CT molecular complexity index is 1300. The predicted octanol–water partition coefficient (Wildman–Crippen LogP) is 4.57. The second-order valence-electron chi connectivity index (χ2n) is 9.32. The smallest absolute Gasteiger partial charge is 0.295 e. The highest BCUT2D eigenvalue weighted by Gasteiger charge is 2.46. The van der Waals surface area contributed by atoms with Crippen LogP contribution in [0.2, 0.25) is 0 Å². The first-order valence-electron chi connectivity index (χ1n) is 12.1. The summed E-state index contributed by atoms with van der Waals surface area (Å²) in [6.07, 6.45) is 0. The normalized spacial score (nSPS) is 16.9. The third-order valence-electron chi connectivity index (χ3n) is 6.46. The van der Waals surface area contributed by atoms with Gasteiger partial charge in [0.15, 0.2) is 0 Å². The number of methoxy groups -OCH3 is 1. The zero-order valence-electron chi connectivity index (χ0n) is 21.6. The molecule has 192 valence electrons. The van der Waals surface area contributed by atoms with E-state index in [2.05, 4.69) is 0 Å². The standard InChI is InChI=1S/C30H32N2O5/c1-20-18-24(36-4)14-15-25(20)28(33)26-27(32(17-16-31(2)3)30(35)29(26)34)22-10-12-23(13-11-22)37-19-21-8-6-5-7-9-21/h5-15,18,27,33H,16-17,19H2,1-4H3/b28-26-. The average Bonchev–Trinajstić information content (AvgIpc) is 3.16. The van der Waals surface area contributed by atoms with E-state index in [4.69, 9.17) is 9.47 Å². The summed E-state index contributed by atoms with van der Waals surface area (Å²) in [5.74, 6) is -0.197. The van der Waals surface area contributed by atoms with Gasteiger partial charge in [0.25, 0.3) is 11.7 Å². The number of aliphatic hydroxyl groups is 1. The lowest BCUT2D eigenvalue weighted by molar-refractivity contribution is -0.140. The molecule has 1 aliphatic heterocycles. The molecule has 0 radical (unpaired) electrons. The highest BCUT2D eigenvalue weighted by molar-refractivity contribution is 6.46. The number of Topliss-reactive ketones (excluding diaryl/α,β-unsaturated/α-hetero) is 1. The van der Waals surface area contributed by atoms with Gasteiger partial charge in [-0.25, -0.2) is 0 Å². The van der Waals surface area contributed by atoms with Gasteiger partial charge < -0.3 is 24.4 Å². The predicted molar refractivity (Wildman–Crippen MR) is 143 cm³/mol. The number of benzene rings is 3. The fourth-order valence-electron chi connectivity index (χ4n) is 4.43. The lowest BCUT2D eigenvalue weighted by Gasteiger charge is -2.27. The van der Waals surface area contributed by atoms with Gasteiger partial charge in [0.2, 0.25) is 0 Å². The maximum atomic E-state index is 13.2. The van der Waals surface area contributed by atoms with Gasteiger partial charge in [0.1, 0.15) is 23.9 Å². The summed E-state index contributed by atoms with van der Waals surface area (Å²) >= 11 is 0. The Morgan fingerprint density at radius 3 is 2.27 bits per heavy atom. The molecule has 4 rings (SSSR count).